The number of anilines is 1. The van der Waals surface area contributed by atoms with Gasteiger partial charge >= 0.3 is 5.97 Å². The highest BCUT2D eigenvalue weighted by atomic mass is 32.2. The van der Waals surface area contributed by atoms with Gasteiger partial charge in [-0.25, -0.2) is 9.97 Å². The second-order valence-electron chi connectivity index (χ2n) is 11.4. The molecule has 2 aromatic carbocycles. The molecule has 1 saturated heterocycles. The molecule has 2 unspecified atom stereocenters. The molecule has 0 bridgehead atoms. The summed E-state index contributed by atoms with van der Waals surface area (Å²) in [6.07, 6.45) is 3.92. The molecule has 0 amide bonds. The van der Waals surface area contributed by atoms with Crippen LogP contribution in [0.25, 0.3) is 10.9 Å². The molecule has 0 saturated carbocycles. The van der Waals surface area contributed by atoms with Gasteiger partial charge < -0.3 is 4.74 Å². The van der Waals surface area contributed by atoms with Crippen LogP contribution in [0.5, 0.6) is 0 Å². The third-order valence-electron chi connectivity index (χ3n) is 7.51. The van der Waals surface area contributed by atoms with Crippen LogP contribution in [-0.4, -0.2) is 42.8 Å². The summed E-state index contributed by atoms with van der Waals surface area (Å²) >= 11 is 0. The molecular weight excluding hydrogens is 514 g/mol. The number of ketones is 1. The number of rotatable bonds is 9. The van der Waals surface area contributed by atoms with E-state index >= 15 is 0 Å². The quantitative estimate of drug-likeness (QED) is 0.192. The van der Waals surface area contributed by atoms with Crippen LogP contribution in [0.3, 0.4) is 0 Å². The van der Waals surface area contributed by atoms with Crippen LogP contribution in [0.4, 0.5) is 5.69 Å². The number of sulfonamides is 1. The van der Waals surface area contributed by atoms with Crippen molar-refractivity contribution in [3.05, 3.63) is 60.3 Å². The van der Waals surface area contributed by atoms with Crippen molar-refractivity contribution >= 4 is 38.4 Å². The number of esters is 1. The number of nitrogens with zero attached hydrogens (tertiary/aromatic N) is 3. The molecule has 1 aliphatic rings. The van der Waals surface area contributed by atoms with Gasteiger partial charge in [0.05, 0.1) is 11.2 Å². The number of hydrogen-bond donors (Lipinski definition) is 0. The van der Waals surface area contributed by atoms with Crippen molar-refractivity contribution < 1.29 is 22.7 Å². The van der Waals surface area contributed by atoms with Gasteiger partial charge in [0, 0.05) is 24.5 Å². The van der Waals surface area contributed by atoms with Crippen LogP contribution in [0, 0.1) is 11.3 Å². The second kappa shape index (κ2) is 10.7. The van der Waals surface area contributed by atoms with Gasteiger partial charge in [0.25, 0.3) is 15.2 Å². The first-order chi connectivity index (χ1) is 18.4. The second-order valence-corrected chi connectivity index (χ2v) is 13.2. The number of ether oxygens (including phenoxy) is 1. The van der Waals surface area contributed by atoms with Gasteiger partial charge in [0.15, 0.2) is 11.4 Å². The van der Waals surface area contributed by atoms with Gasteiger partial charge in [-0.3, -0.25) is 13.9 Å². The van der Waals surface area contributed by atoms with Crippen molar-refractivity contribution in [2.75, 3.05) is 11.4 Å². The van der Waals surface area contributed by atoms with Crippen molar-refractivity contribution in [1.82, 2.24) is 9.97 Å². The van der Waals surface area contributed by atoms with E-state index in [1.807, 2.05) is 52.8 Å². The number of carbonyl (C=O) groups is 2. The number of Topliss-reactive ketones (excluding diaryl/α,β-unsaturated/α-hetero) is 1. The summed E-state index contributed by atoms with van der Waals surface area (Å²) in [7, 11) is -2.64. The fraction of sp³-hybridized carbons (Fsp3) is 0.467. The predicted octanol–water partition coefficient (Wildman–Crippen LogP) is 5.67. The lowest BCUT2D eigenvalue weighted by atomic mass is 9.66. The summed E-state index contributed by atoms with van der Waals surface area (Å²) in [6.45, 7) is 9.90. The summed E-state index contributed by atoms with van der Waals surface area (Å²) in [6, 6.07) is 14.2. The van der Waals surface area contributed by atoms with E-state index in [1.54, 1.807) is 30.3 Å². The first-order valence-corrected chi connectivity index (χ1v) is 14.9. The standard InChI is InChI=1S/C30H37N3O5S/c1-7-16-30(17-8-2)26(34)24(27(35)38-30)25(29(3,4)5)20-13-11-14-22(18-20)33(6)39(36,37)28-31-19-21-12-9-10-15-23(21)32-28/h9-15,18-19,24-25H,7-8,16-17H2,1-6H3. The van der Waals surface area contributed by atoms with Gasteiger partial charge in [-0.15, -0.1) is 0 Å². The average molecular weight is 552 g/mol. The first-order valence-electron chi connectivity index (χ1n) is 13.4. The smallest absolute Gasteiger partial charge is 0.318 e. The van der Waals surface area contributed by atoms with Gasteiger partial charge in [0.2, 0.25) is 0 Å². The van der Waals surface area contributed by atoms with Crippen molar-refractivity contribution in [3.8, 4) is 0 Å². The number of carbonyl (C=O) groups excluding carboxylic acids is 2. The zero-order chi connectivity index (χ0) is 28.6. The van der Waals surface area contributed by atoms with Crippen molar-refractivity contribution in [2.45, 2.75) is 77.0 Å². The predicted molar refractivity (Wildman–Crippen MR) is 151 cm³/mol. The highest BCUT2D eigenvalue weighted by molar-refractivity contribution is 7.92. The molecule has 2 atom stereocenters. The Morgan fingerprint density at radius 1 is 1.03 bits per heavy atom. The molecule has 0 N–H and O–H groups in total. The summed E-state index contributed by atoms with van der Waals surface area (Å²) in [5.41, 5.74) is 0.0128. The zero-order valence-corrected chi connectivity index (χ0v) is 24.3. The summed E-state index contributed by atoms with van der Waals surface area (Å²) in [5, 5.41) is 0.435. The number of para-hydroxylation sites is 1. The van der Waals surface area contributed by atoms with Gasteiger partial charge in [-0.1, -0.05) is 77.8 Å². The van der Waals surface area contributed by atoms with Crippen LogP contribution in [-0.2, 0) is 24.3 Å². The SMILES string of the molecule is CCCC1(CCC)OC(=O)C(C(c2cccc(N(C)S(=O)(=O)c3ncc4ccccc4n3)c2)C(C)(C)C)C1=O. The molecule has 0 aliphatic carbocycles. The molecule has 9 heteroatoms. The summed E-state index contributed by atoms with van der Waals surface area (Å²) in [4.78, 5) is 35.6. The van der Waals surface area contributed by atoms with Gasteiger partial charge in [-0.2, -0.15) is 8.42 Å². The van der Waals surface area contributed by atoms with E-state index in [0.29, 0.717) is 29.6 Å². The van der Waals surface area contributed by atoms with Crippen LogP contribution in [0.2, 0.25) is 0 Å². The minimum Gasteiger partial charge on any atom is -0.450 e. The highest BCUT2D eigenvalue weighted by Gasteiger charge is 2.58. The molecule has 1 aromatic heterocycles. The van der Waals surface area contributed by atoms with E-state index in [9.17, 15) is 18.0 Å². The first kappa shape index (κ1) is 28.7. The van der Waals surface area contributed by atoms with E-state index in [0.717, 1.165) is 22.5 Å². The van der Waals surface area contributed by atoms with Crippen molar-refractivity contribution in [1.29, 1.82) is 0 Å². The summed E-state index contributed by atoms with van der Waals surface area (Å²) < 4.78 is 34.0. The third-order valence-corrected chi connectivity index (χ3v) is 9.10. The normalized spacial score (nSPS) is 18.3. The fourth-order valence-electron chi connectivity index (χ4n) is 5.71. The van der Waals surface area contributed by atoms with Crippen LogP contribution in [0.15, 0.2) is 59.9 Å². The minimum absolute atomic E-state index is 0.174. The number of benzene rings is 2. The monoisotopic (exact) mass is 551 g/mol. The number of hydrogen-bond acceptors (Lipinski definition) is 7. The number of cyclic esters (lactones) is 1. The van der Waals surface area contributed by atoms with Gasteiger partial charge in [-0.05, 0) is 42.0 Å². The molecule has 39 heavy (non-hydrogen) atoms. The number of aromatic nitrogens is 2. The van der Waals surface area contributed by atoms with Gasteiger partial charge in [0.1, 0.15) is 5.92 Å². The van der Waals surface area contributed by atoms with Crippen LogP contribution >= 0.6 is 0 Å². The third kappa shape index (κ3) is 5.29. The van der Waals surface area contributed by atoms with Crippen molar-refractivity contribution in [2.24, 2.45) is 11.3 Å². The molecule has 0 radical (unpaired) electrons. The Hall–Kier alpha value is -3.33. The molecule has 8 nitrogen and oxygen atoms in total. The Bertz CT molecular complexity index is 1490. The molecule has 0 spiro atoms. The largest absolute Gasteiger partial charge is 0.450 e. The maximum atomic E-state index is 13.9. The summed E-state index contributed by atoms with van der Waals surface area (Å²) in [5.74, 6) is -2.16. The lowest BCUT2D eigenvalue weighted by molar-refractivity contribution is -0.154. The fourth-order valence-corrected chi connectivity index (χ4v) is 6.75. The highest BCUT2D eigenvalue weighted by Crippen LogP contribution is 2.49. The Balaban J connectivity index is 1.74. The Labute approximate surface area is 230 Å². The van der Waals surface area contributed by atoms with Crippen LogP contribution in [0.1, 0.15) is 71.8 Å². The van der Waals surface area contributed by atoms with E-state index in [2.05, 4.69) is 9.97 Å². The lowest BCUT2D eigenvalue weighted by Crippen LogP contribution is -2.40. The molecule has 208 valence electrons. The molecule has 3 aromatic rings. The Morgan fingerprint density at radius 2 is 1.69 bits per heavy atom. The zero-order valence-electron chi connectivity index (χ0n) is 23.5. The maximum Gasteiger partial charge on any atom is 0.318 e. The Kier molecular flexibility index (Phi) is 7.85. The minimum atomic E-state index is -4.08. The average Bonchev–Trinajstić information content (AvgIpc) is 3.12. The molecule has 2 heterocycles. The van der Waals surface area contributed by atoms with E-state index in [1.165, 1.54) is 13.2 Å². The molecule has 1 aliphatic heterocycles. The lowest BCUT2D eigenvalue weighted by Gasteiger charge is -2.34. The van der Waals surface area contributed by atoms with Crippen molar-refractivity contribution in [3.63, 3.8) is 0 Å². The number of fused-ring (bicyclic) bond motifs is 1. The van der Waals surface area contributed by atoms with E-state index in [4.69, 9.17) is 4.74 Å². The maximum absolute atomic E-state index is 13.9. The van der Waals surface area contributed by atoms with Crippen LogP contribution < -0.4 is 4.31 Å². The molecular formula is C30H37N3O5S. The van der Waals surface area contributed by atoms with E-state index < -0.39 is 38.8 Å². The topological polar surface area (TPSA) is 107 Å². The van der Waals surface area contributed by atoms with E-state index in [-0.39, 0.29) is 10.9 Å². The molecule has 1 fully saturated rings. The Morgan fingerprint density at radius 3 is 2.33 bits per heavy atom. The molecule has 4 rings (SSSR count).